The lowest BCUT2D eigenvalue weighted by atomic mass is 9.99. The Kier molecular flexibility index (Phi) is 68.4. The number of aliphatic hydroxyl groups excluding tert-OH is 1. The van der Waals surface area contributed by atoms with Crippen molar-refractivity contribution >= 4 is 39.5 Å². The van der Waals surface area contributed by atoms with Crippen LogP contribution in [0.1, 0.15) is 408 Å². The fourth-order valence-corrected chi connectivity index (χ4v) is 13.6. The second-order valence-corrected chi connectivity index (χ2v) is 31.7. The van der Waals surface area contributed by atoms with Crippen LogP contribution in [0.25, 0.3) is 0 Å². The Labute approximate surface area is 594 Å². The smallest absolute Gasteiger partial charge is 0.462 e. The van der Waals surface area contributed by atoms with Crippen LogP contribution < -0.4 is 0 Å². The van der Waals surface area contributed by atoms with Crippen LogP contribution >= 0.6 is 15.6 Å². The molecule has 97 heavy (non-hydrogen) atoms. The van der Waals surface area contributed by atoms with Crippen molar-refractivity contribution in [1.29, 1.82) is 0 Å². The summed E-state index contributed by atoms with van der Waals surface area (Å²) in [5, 5.41) is 10.6. The number of ether oxygens (including phenoxy) is 4. The molecule has 0 aromatic heterocycles. The molecule has 0 bridgehead atoms. The standard InChI is InChI=1S/C78H152O17P2/c1-7-10-12-14-15-16-17-18-19-20-21-22-23-27-30-33-36-39-42-49-55-61-76(81)89-67-74(94-77(82)62-56-50-43-40-37-34-31-28-25-24-26-29-32-35-38-41-48-53-59-71(6)9-3)69-93-97(86,87)91-65-72(79)64-90-96(84,85)92-68-73(66-88-75(80)60-54-46-13-11-8-2)95-78(83)63-57-51-45-44-47-52-58-70(4)5/h70-74,79H,7-69H2,1-6H3,(H,84,85)(H,86,87)/t71?,72-,73+,74+/m0/s1. The molecular formula is C78H152O17P2. The highest BCUT2D eigenvalue weighted by Crippen LogP contribution is 2.45. The van der Waals surface area contributed by atoms with Crippen LogP contribution in [0.3, 0.4) is 0 Å². The van der Waals surface area contributed by atoms with Crippen molar-refractivity contribution in [3.05, 3.63) is 0 Å². The van der Waals surface area contributed by atoms with Gasteiger partial charge in [0.2, 0.25) is 0 Å². The Hall–Kier alpha value is -1.94. The van der Waals surface area contributed by atoms with Crippen LogP contribution in [0.2, 0.25) is 0 Å². The molecule has 0 radical (unpaired) electrons. The first kappa shape index (κ1) is 95.1. The van der Waals surface area contributed by atoms with Crippen LogP contribution in [-0.4, -0.2) is 96.7 Å². The van der Waals surface area contributed by atoms with Crippen molar-refractivity contribution in [2.75, 3.05) is 39.6 Å². The normalized spacial score (nSPS) is 14.2. The largest absolute Gasteiger partial charge is 0.472 e. The Balaban J connectivity index is 5.07. The number of hydrogen-bond donors (Lipinski definition) is 3. The topological polar surface area (TPSA) is 237 Å². The lowest BCUT2D eigenvalue weighted by Crippen LogP contribution is -2.30. The van der Waals surface area contributed by atoms with Crippen molar-refractivity contribution in [2.24, 2.45) is 11.8 Å². The van der Waals surface area contributed by atoms with E-state index in [1.807, 2.05) is 0 Å². The van der Waals surface area contributed by atoms with Gasteiger partial charge < -0.3 is 33.8 Å². The van der Waals surface area contributed by atoms with Gasteiger partial charge in [-0.15, -0.1) is 0 Å². The molecule has 6 atom stereocenters. The van der Waals surface area contributed by atoms with Gasteiger partial charge in [0, 0.05) is 25.7 Å². The molecule has 17 nitrogen and oxygen atoms in total. The molecule has 0 heterocycles. The summed E-state index contributed by atoms with van der Waals surface area (Å²) in [5.74, 6) is -0.591. The van der Waals surface area contributed by atoms with E-state index >= 15 is 0 Å². The molecule has 3 unspecified atom stereocenters. The van der Waals surface area contributed by atoms with E-state index in [1.165, 1.54) is 218 Å². The van der Waals surface area contributed by atoms with Gasteiger partial charge >= 0.3 is 39.5 Å². The lowest BCUT2D eigenvalue weighted by Gasteiger charge is -2.21. The van der Waals surface area contributed by atoms with Crippen molar-refractivity contribution in [3.8, 4) is 0 Å². The van der Waals surface area contributed by atoms with Crippen LogP contribution in [0.15, 0.2) is 0 Å². The fourth-order valence-electron chi connectivity index (χ4n) is 12.0. The molecule has 0 spiro atoms. The van der Waals surface area contributed by atoms with Gasteiger partial charge in [-0.2, -0.15) is 0 Å². The first-order valence-electron chi connectivity index (χ1n) is 40.5. The molecule has 576 valence electrons. The molecule has 0 aromatic rings. The SMILES string of the molecule is CCCCCCCCCCCCCCCCCCCCCCCC(=O)OC[C@H](COP(=O)(O)OC[C@@H](O)COP(=O)(O)OC[C@@H](COC(=O)CCCCCCC)OC(=O)CCCCCCCCC(C)C)OC(=O)CCCCCCCCCCCCCCCCCCCCC(C)CC. The van der Waals surface area contributed by atoms with Gasteiger partial charge in [-0.25, -0.2) is 9.13 Å². The molecular weight excluding hydrogens is 1270 g/mol. The highest BCUT2D eigenvalue weighted by atomic mass is 31.2. The third-order valence-corrected chi connectivity index (χ3v) is 20.5. The van der Waals surface area contributed by atoms with Gasteiger partial charge in [0.25, 0.3) is 0 Å². The third-order valence-electron chi connectivity index (χ3n) is 18.6. The molecule has 0 rings (SSSR count). The Morgan fingerprint density at radius 2 is 0.526 bits per heavy atom. The summed E-state index contributed by atoms with van der Waals surface area (Å²) in [5.41, 5.74) is 0. The molecule has 0 aromatic carbocycles. The molecule has 0 saturated carbocycles. The molecule has 0 aliphatic heterocycles. The second-order valence-electron chi connectivity index (χ2n) is 28.8. The van der Waals surface area contributed by atoms with E-state index in [2.05, 4.69) is 41.5 Å². The summed E-state index contributed by atoms with van der Waals surface area (Å²) in [6.45, 7) is 9.48. The van der Waals surface area contributed by atoms with E-state index in [9.17, 15) is 43.2 Å². The molecule has 0 fully saturated rings. The zero-order chi connectivity index (χ0) is 71.4. The highest BCUT2D eigenvalue weighted by molar-refractivity contribution is 7.47. The predicted octanol–water partition coefficient (Wildman–Crippen LogP) is 23.1. The fraction of sp³-hybridized carbons (Fsp3) is 0.949. The Morgan fingerprint density at radius 3 is 0.784 bits per heavy atom. The molecule has 0 saturated heterocycles. The summed E-state index contributed by atoms with van der Waals surface area (Å²) in [7, 11) is -9.90. The summed E-state index contributed by atoms with van der Waals surface area (Å²) >= 11 is 0. The Bertz CT molecular complexity index is 1870. The van der Waals surface area contributed by atoms with Crippen molar-refractivity contribution < 1.29 is 80.2 Å². The number of aliphatic hydroxyl groups is 1. The minimum Gasteiger partial charge on any atom is -0.462 e. The van der Waals surface area contributed by atoms with Gasteiger partial charge in [0.05, 0.1) is 26.4 Å². The summed E-state index contributed by atoms with van der Waals surface area (Å²) < 4.78 is 68.2. The maximum atomic E-state index is 13.1. The van der Waals surface area contributed by atoms with Crippen LogP contribution in [0.4, 0.5) is 0 Å². The number of phosphoric acid groups is 2. The maximum Gasteiger partial charge on any atom is 0.472 e. The van der Waals surface area contributed by atoms with E-state index in [0.29, 0.717) is 31.6 Å². The predicted molar refractivity (Wildman–Crippen MR) is 395 cm³/mol. The lowest BCUT2D eigenvalue weighted by molar-refractivity contribution is -0.161. The average Bonchev–Trinajstić information content (AvgIpc) is 1.26. The summed E-state index contributed by atoms with van der Waals surface area (Å²) in [4.78, 5) is 72.4. The van der Waals surface area contributed by atoms with Crippen LogP contribution in [0, 0.1) is 11.8 Å². The number of carbonyl (C=O) groups excluding carboxylic acids is 4. The number of rotatable bonds is 77. The van der Waals surface area contributed by atoms with Crippen molar-refractivity contribution in [3.63, 3.8) is 0 Å². The minimum atomic E-state index is -4.96. The van der Waals surface area contributed by atoms with E-state index in [-0.39, 0.29) is 25.7 Å². The van der Waals surface area contributed by atoms with Crippen LogP contribution in [0.5, 0.6) is 0 Å². The van der Waals surface area contributed by atoms with Gasteiger partial charge in [0.1, 0.15) is 19.3 Å². The first-order valence-corrected chi connectivity index (χ1v) is 43.5. The minimum absolute atomic E-state index is 0.101. The van der Waals surface area contributed by atoms with Gasteiger partial charge in [-0.05, 0) is 37.5 Å². The number of unbranched alkanes of at least 4 members (excludes halogenated alkanes) is 46. The van der Waals surface area contributed by atoms with Crippen molar-refractivity contribution in [2.45, 2.75) is 426 Å². The highest BCUT2D eigenvalue weighted by Gasteiger charge is 2.30. The quantitative estimate of drug-likeness (QED) is 0.0222. The Morgan fingerprint density at radius 1 is 0.299 bits per heavy atom. The molecule has 0 aliphatic carbocycles. The number of carbonyl (C=O) groups is 4. The third kappa shape index (κ3) is 70.9. The summed E-state index contributed by atoms with van der Waals surface area (Å²) in [6, 6.07) is 0. The number of esters is 4. The van der Waals surface area contributed by atoms with Gasteiger partial charge in [0.15, 0.2) is 12.2 Å². The zero-order valence-electron chi connectivity index (χ0n) is 63.4. The van der Waals surface area contributed by atoms with Crippen molar-refractivity contribution in [1.82, 2.24) is 0 Å². The second kappa shape index (κ2) is 69.8. The van der Waals surface area contributed by atoms with E-state index in [1.54, 1.807) is 0 Å². The average molecular weight is 1420 g/mol. The monoisotopic (exact) mass is 1420 g/mol. The molecule has 0 aliphatic rings. The van der Waals surface area contributed by atoms with E-state index in [0.717, 1.165) is 102 Å². The zero-order valence-corrected chi connectivity index (χ0v) is 65.2. The summed E-state index contributed by atoms with van der Waals surface area (Å²) in [6.07, 6.45) is 59.2. The number of phosphoric ester groups is 2. The van der Waals surface area contributed by atoms with E-state index < -0.39 is 97.5 Å². The van der Waals surface area contributed by atoms with E-state index in [4.69, 9.17) is 37.0 Å². The first-order chi connectivity index (χ1) is 46.9. The van der Waals surface area contributed by atoms with Gasteiger partial charge in [-0.1, -0.05) is 356 Å². The van der Waals surface area contributed by atoms with Gasteiger partial charge in [-0.3, -0.25) is 37.3 Å². The molecule has 19 heteroatoms. The maximum absolute atomic E-state index is 13.1. The number of hydrogen-bond acceptors (Lipinski definition) is 15. The molecule has 0 amide bonds. The van der Waals surface area contributed by atoms with Crippen LogP contribution in [-0.2, 0) is 65.4 Å². The molecule has 3 N–H and O–H groups in total.